The Bertz CT molecular complexity index is 578. The molecule has 2 atom stereocenters. The van der Waals surface area contributed by atoms with E-state index in [0.29, 0.717) is 30.3 Å². The molecule has 0 aliphatic carbocycles. The summed E-state index contributed by atoms with van der Waals surface area (Å²) in [7, 11) is -1.43. The molecule has 6 nitrogen and oxygen atoms in total. The molecule has 21 heavy (non-hydrogen) atoms. The van der Waals surface area contributed by atoms with Crippen molar-refractivity contribution in [2.24, 2.45) is 0 Å². The Morgan fingerprint density at radius 2 is 1.95 bits per heavy atom. The molecule has 1 N–H and O–H groups in total. The Morgan fingerprint density at radius 1 is 1.33 bits per heavy atom. The highest BCUT2D eigenvalue weighted by Crippen LogP contribution is 2.23. The second-order valence-electron chi connectivity index (χ2n) is 5.59. The molecule has 0 radical (unpaired) electrons. The molecule has 2 heterocycles. The van der Waals surface area contributed by atoms with Crippen LogP contribution in [0, 0.1) is 0 Å². The number of piperazine rings is 1. The summed E-state index contributed by atoms with van der Waals surface area (Å²) in [5.74, 6) is 0.591. The Kier molecular flexibility index (Phi) is 4.85. The van der Waals surface area contributed by atoms with Gasteiger partial charge in [0.25, 0.3) is 0 Å². The maximum atomic E-state index is 12.8. The number of hydrogen-bond donors (Lipinski definition) is 1. The highest BCUT2D eigenvalue weighted by molar-refractivity contribution is 7.89. The predicted octanol–water partition coefficient (Wildman–Crippen LogP) is 1.23. The third-order valence-electron chi connectivity index (χ3n) is 4.05. The Balaban J connectivity index is 2.27. The molecule has 0 aromatic carbocycles. The predicted molar refractivity (Wildman–Crippen MR) is 83.8 cm³/mol. The van der Waals surface area contributed by atoms with Crippen molar-refractivity contribution in [3.63, 3.8) is 0 Å². The average molecular weight is 312 g/mol. The van der Waals surface area contributed by atoms with E-state index in [1.54, 1.807) is 16.4 Å². The summed E-state index contributed by atoms with van der Waals surface area (Å²) < 4.78 is 27.2. The lowest BCUT2D eigenvalue weighted by molar-refractivity contribution is 0.105. The minimum atomic E-state index is -3.47. The van der Waals surface area contributed by atoms with Gasteiger partial charge in [0.1, 0.15) is 5.82 Å². The van der Waals surface area contributed by atoms with Crippen LogP contribution in [0.5, 0.6) is 0 Å². The number of nitrogens with zero attached hydrogens (tertiary/aromatic N) is 3. The number of hydrogen-bond acceptors (Lipinski definition) is 5. The van der Waals surface area contributed by atoms with E-state index in [0.717, 1.165) is 0 Å². The fourth-order valence-corrected chi connectivity index (χ4v) is 4.17. The van der Waals surface area contributed by atoms with Gasteiger partial charge < -0.3 is 5.32 Å². The lowest BCUT2D eigenvalue weighted by atomic mass is 10.1. The third kappa shape index (κ3) is 3.36. The van der Waals surface area contributed by atoms with E-state index in [1.165, 1.54) is 6.20 Å². The fourth-order valence-electron chi connectivity index (χ4n) is 2.55. The Labute approximate surface area is 127 Å². The molecular weight excluding hydrogens is 288 g/mol. The normalized spacial score (nSPS) is 25.0. The van der Waals surface area contributed by atoms with Crippen LogP contribution >= 0.6 is 0 Å². The number of sulfonamides is 1. The molecular formula is C14H24N4O2S. The van der Waals surface area contributed by atoms with E-state index in [4.69, 9.17) is 0 Å². The van der Waals surface area contributed by atoms with Gasteiger partial charge in [0, 0.05) is 44.0 Å². The molecule has 0 spiro atoms. The molecule has 0 bridgehead atoms. The van der Waals surface area contributed by atoms with Gasteiger partial charge in [-0.15, -0.1) is 0 Å². The van der Waals surface area contributed by atoms with Crippen molar-refractivity contribution >= 4 is 15.8 Å². The van der Waals surface area contributed by atoms with Gasteiger partial charge in [-0.1, -0.05) is 0 Å². The zero-order chi connectivity index (χ0) is 15.6. The summed E-state index contributed by atoms with van der Waals surface area (Å²) in [5.41, 5.74) is 0. The molecule has 2 rings (SSSR count). The molecule has 118 valence electrons. The molecule has 0 saturated carbocycles. The monoisotopic (exact) mass is 312 g/mol. The van der Waals surface area contributed by atoms with Crippen LogP contribution in [0.4, 0.5) is 5.82 Å². The molecule has 1 aliphatic rings. The van der Waals surface area contributed by atoms with Crippen molar-refractivity contribution < 1.29 is 8.42 Å². The quantitative estimate of drug-likeness (QED) is 0.906. The van der Waals surface area contributed by atoms with Gasteiger partial charge in [-0.2, -0.15) is 4.31 Å². The van der Waals surface area contributed by atoms with Crippen molar-refractivity contribution in [1.29, 1.82) is 0 Å². The second kappa shape index (κ2) is 6.29. The third-order valence-corrected chi connectivity index (χ3v) is 5.88. The van der Waals surface area contributed by atoms with Crippen molar-refractivity contribution in [3.05, 3.63) is 18.3 Å². The van der Waals surface area contributed by atoms with Crippen LogP contribution in [0.15, 0.2) is 23.2 Å². The Morgan fingerprint density at radius 3 is 2.52 bits per heavy atom. The van der Waals surface area contributed by atoms with Crippen molar-refractivity contribution in [2.45, 2.75) is 37.8 Å². The van der Waals surface area contributed by atoms with E-state index >= 15 is 0 Å². The SMILES string of the molecule is CCNc1cc(S(=O)(=O)N2CC(C)N(C)C(C)C2)ccn1. The highest BCUT2D eigenvalue weighted by Gasteiger charge is 2.34. The van der Waals surface area contributed by atoms with E-state index in [1.807, 2.05) is 14.0 Å². The standard InChI is InChI=1S/C14H24N4O2S/c1-5-15-14-8-13(6-7-16-14)21(19,20)18-9-11(2)17(4)12(3)10-18/h6-8,11-12H,5,9-10H2,1-4H3,(H,15,16). The molecule has 1 aromatic heterocycles. The lowest BCUT2D eigenvalue weighted by Gasteiger charge is -2.41. The molecule has 2 unspecified atom stereocenters. The molecule has 1 aliphatic heterocycles. The maximum Gasteiger partial charge on any atom is 0.243 e. The van der Waals surface area contributed by atoms with Gasteiger partial charge >= 0.3 is 0 Å². The smallest absolute Gasteiger partial charge is 0.243 e. The number of rotatable bonds is 4. The van der Waals surface area contributed by atoms with Crippen LogP contribution in [0.2, 0.25) is 0 Å². The molecule has 0 amide bonds. The molecule has 1 aromatic rings. The first kappa shape index (κ1) is 16.2. The van der Waals surface area contributed by atoms with Gasteiger partial charge in [-0.3, -0.25) is 4.90 Å². The number of aromatic nitrogens is 1. The van der Waals surface area contributed by atoms with E-state index in [2.05, 4.69) is 29.0 Å². The van der Waals surface area contributed by atoms with Gasteiger partial charge in [-0.25, -0.2) is 13.4 Å². The lowest BCUT2D eigenvalue weighted by Crippen LogP contribution is -2.56. The van der Waals surface area contributed by atoms with Crippen LogP contribution in [0.25, 0.3) is 0 Å². The zero-order valence-corrected chi connectivity index (χ0v) is 13.9. The minimum Gasteiger partial charge on any atom is -0.370 e. The number of nitrogens with one attached hydrogen (secondary N) is 1. The summed E-state index contributed by atoms with van der Waals surface area (Å²) in [5, 5.41) is 3.05. The maximum absolute atomic E-state index is 12.8. The van der Waals surface area contributed by atoms with Crippen LogP contribution in [0.1, 0.15) is 20.8 Å². The summed E-state index contributed by atoms with van der Waals surface area (Å²) in [6.45, 7) is 7.79. The van der Waals surface area contributed by atoms with Gasteiger partial charge in [0.15, 0.2) is 0 Å². The van der Waals surface area contributed by atoms with E-state index in [9.17, 15) is 8.42 Å². The first-order chi connectivity index (χ1) is 9.86. The second-order valence-corrected chi connectivity index (χ2v) is 7.53. The highest BCUT2D eigenvalue weighted by atomic mass is 32.2. The van der Waals surface area contributed by atoms with Crippen LogP contribution in [-0.4, -0.2) is 61.4 Å². The minimum absolute atomic E-state index is 0.207. The fraction of sp³-hybridized carbons (Fsp3) is 0.643. The van der Waals surface area contributed by atoms with Gasteiger partial charge in [-0.05, 0) is 33.9 Å². The summed E-state index contributed by atoms with van der Waals surface area (Å²) >= 11 is 0. The van der Waals surface area contributed by atoms with Crippen molar-refractivity contribution in [2.75, 3.05) is 32.0 Å². The van der Waals surface area contributed by atoms with E-state index in [-0.39, 0.29) is 12.1 Å². The van der Waals surface area contributed by atoms with Gasteiger partial charge in [0.05, 0.1) is 4.90 Å². The van der Waals surface area contributed by atoms with Crippen LogP contribution < -0.4 is 5.32 Å². The molecule has 1 saturated heterocycles. The van der Waals surface area contributed by atoms with Crippen molar-refractivity contribution in [3.8, 4) is 0 Å². The van der Waals surface area contributed by atoms with Crippen LogP contribution in [-0.2, 0) is 10.0 Å². The first-order valence-corrected chi connectivity index (χ1v) is 8.72. The largest absolute Gasteiger partial charge is 0.370 e. The molecule has 1 fully saturated rings. The van der Waals surface area contributed by atoms with Crippen molar-refractivity contribution in [1.82, 2.24) is 14.2 Å². The topological polar surface area (TPSA) is 65.5 Å². The number of pyridine rings is 1. The van der Waals surface area contributed by atoms with Crippen LogP contribution in [0.3, 0.4) is 0 Å². The number of likely N-dealkylation sites (N-methyl/N-ethyl adjacent to an activating group) is 1. The summed E-state index contributed by atoms with van der Waals surface area (Å²) in [4.78, 5) is 6.64. The van der Waals surface area contributed by atoms with Gasteiger partial charge in [0.2, 0.25) is 10.0 Å². The molecule has 7 heteroatoms. The summed E-state index contributed by atoms with van der Waals surface area (Å²) in [6, 6.07) is 3.58. The zero-order valence-electron chi connectivity index (χ0n) is 13.1. The first-order valence-electron chi connectivity index (χ1n) is 7.28. The Hall–Kier alpha value is -1.18. The van der Waals surface area contributed by atoms with E-state index < -0.39 is 10.0 Å². The average Bonchev–Trinajstić information content (AvgIpc) is 2.45. The number of anilines is 1. The summed E-state index contributed by atoms with van der Waals surface area (Å²) in [6.07, 6.45) is 1.54.